The van der Waals surface area contributed by atoms with Crippen LogP contribution in [0.25, 0.3) is 11.6 Å². The molecule has 1 atom stereocenters. The molecule has 1 aliphatic heterocycles. The molecule has 0 spiro atoms. The van der Waals surface area contributed by atoms with Crippen LogP contribution < -0.4 is 0 Å². The Morgan fingerprint density at radius 1 is 1.46 bits per heavy atom. The molecule has 1 fully saturated rings. The topological polar surface area (TPSA) is 12.5 Å². The van der Waals surface area contributed by atoms with E-state index in [9.17, 15) is 0 Å². The quantitative estimate of drug-likeness (QED) is 0.622. The normalized spacial score (nSPS) is 22.8. The molecule has 1 aliphatic carbocycles. The van der Waals surface area contributed by atoms with Crippen LogP contribution in [0.1, 0.15) is 22.8 Å². The van der Waals surface area contributed by atoms with Crippen LogP contribution in [0.15, 0.2) is 30.9 Å². The Morgan fingerprint density at radius 3 is 2.92 bits per heavy atom. The van der Waals surface area contributed by atoms with E-state index >= 15 is 0 Å². The summed E-state index contributed by atoms with van der Waals surface area (Å²) in [7, 11) is 0. The summed E-state index contributed by atoms with van der Waals surface area (Å²) < 4.78 is 5.23. The maximum absolute atomic E-state index is 5.23. The molecule has 1 aromatic carbocycles. The molecule has 64 valence electrons. The molecule has 1 heterocycles. The summed E-state index contributed by atoms with van der Waals surface area (Å²) in [5.74, 6) is 0. The Hall–Kier alpha value is -1.34. The van der Waals surface area contributed by atoms with Gasteiger partial charge in [0.15, 0.2) is 0 Å². The van der Waals surface area contributed by atoms with Crippen molar-refractivity contribution in [1.29, 1.82) is 0 Å². The average molecular weight is 170 g/mol. The van der Waals surface area contributed by atoms with Gasteiger partial charge in [-0.25, -0.2) is 0 Å². The van der Waals surface area contributed by atoms with Gasteiger partial charge in [0, 0.05) is 0 Å². The van der Waals surface area contributed by atoms with E-state index in [-0.39, 0.29) is 0 Å². The number of ether oxygens (including phenoxy) is 1. The Kier molecular flexibility index (Phi) is 1.27. The van der Waals surface area contributed by atoms with E-state index in [1.54, 1.807) is 0 Å². The van der Waals surface area contributed by atoms with Crippen molar-refractivity contribution in [2.75, 3.05) is 6.61 Å². The third-order valence-corrected chi connectivity index (χ3v) is 2.62. The van der Waals surface area contributed by atoms with Crippen molar-refractivity contribution < 1.29 is 4.74 Å². The standard InChI is InChI=1S/C12H10O/c1-2-8-5-10-6-9(12-7-13-12)3-4-11(8)10/h2-6,12H,1,7H2. The van der Waals surface area contributed by atoms with E-state index in [0.717, 1.165) is 6.61 Å². The average Bonchev–Trinajstić information content (AvgIpc) is 2.90. The van der Waals surface area contributed by atoms with Crippen LogP contribution in [0.3, 0.4) is 0 Å². The summed E-state index contributed by atoms with van der Waals surface area (Å²) in [6.07, 6.45) is 4.43. The number of benzene rings is 1. The third-order valence-electron chi connectivity index (χ3n) is 2.62. The summed E-state index contributed by atoms with van der Waals surface area (Å²) in [4.78, 5) is 0. The molecule has 13 heavy (non-hydrogen) atoms. The number of epoxide rings is 1. The van der Waals surface area contributed by atoms with Gasteiger partial charge in [0.2, 0.25) is 0 Å². The van der Waals surface area contributed by atoms with Crippen LogP contribution in [0.5, 0.6) is 0 Å². The van der Waals surface area contributed by atoms with E-state index in [4.69, 9.17) is 4.74 Å². The van der Waals surface area contributed by atoms with E-state index in [2.05, 4.69) is 30.9 Å². The first-order valence-corrected chi connectivity index (χ1v) is 4.48. The molecule has 0 radical (unpaired) electrons. The SMILES string of the molecule is C=CC1=Cc2cc(C3CO3)ccc21. The minimum absolute atomic E-state index is 0.367. The number of hydrogen-bond acceptors (Lipinski definition) is 1. The van der Waals surface area contributed by atoms with Crippen LogP contribution >= 0.6 is 0 Å². The minimum Gasteiger partial charge on any atom is -0.368 e. The zero-order valence-corrected chi connectivity index (χ0v) is 7.29. The summed E-state index contributed by atoms with van der Waals surface area (Å²) >= 11 is 0. The van der Waals surface area contributed by atoms with Gasteiger partial charge in [-0.05, 0) is 34.4 Å². The van der Waals surface area contributed by atoms with Crippen LogP contribution in [-0.2, 0) is 4.74 Å². The summed E-state index contributed by atoms with van der Waals surface area (Å²) in [5.41, 5.74) is 5.19. The predicted octanol–water partition coefficient (Wildman–Crippen LogP) is 2.80. The van der Waals surface area contributed by atoms with Gasteiger partial charge in [-0.2, -0.15) is 0 Å². The second kappa shape index (κ2) is 2.33. The fourth-order valence-corrected chi connectivity index (χ4v) is 1.74. The summed E-state index contributed by atoms with van der Waals surface area (Å²) in [5, 5.41) is 0. The highest BCUT2D eigenvalue weighted by atomic mass is 16.6. The fourth-order valence-electron chi connectivity index (χ4n) is 1.74. The third kappa shape index (κ3) is 0.973. The van der Waals surface area contributed by atoms with Crippen LogP contribution in [0.4, 0.5) is 0 Å². The lowest BCUT2D eigenvalue weighted by atomic mass is 9.87. The first kappa shape index (κ1) is 7.10. The molecular weight excluding hydrogens is 160 g/mol. The van der Waals surface area contributed by atoms with Gasteiger partial charge in [0.1, 0.15) is 6.10 Å². The van der Waals surface area contributed by atoms with Crippen LogP contribution in [0, 0.1) is 0 Å². The first-order valence-electron chi connectivity index (χ1n) is 4.48. The van der Waals surface area contributed by atoms with Gasteiger partial charge in [-0.1, -0.05) is 24.8 Å². The molecule has 2 aliphatic rings. The van der Waals surface area contributed by atoms with Crippen molar-refractivity contribution in [1.82, 2.24) is 0 Å². The summed E-state index contributed by atoms with van der Waals surface area (Å²) in [6.45, 7) is 4.64. The van der Waals surface area contributed by atoms with E-state index in [1.165, 1.54) is 22.3 Å². The minimum atomic E-state index is 0.367. The van der Waals surface area contributed by atoms with Gasteiger partial charge in [0.25, 0.3) is 0 Å². The highest BCUT2D eigenvalue weighted by Gasteiger charge is 2.26. The maximum atomic E-state index is 5.23. The van der Waals surface area contributed by atoms with E-state index in [1.807, 2.05) is 6.08 Å². The maximum Gasteiger partial charge on any atom is 0.106 e. The lowest BCUT2D eigenvalue weighted by Gasteiger charge is -2.17. The first-order chi connectivity index (χ1) is 6.38. The van der Waals surface area contributed by atoms with Crippen molar-refractivity contribution in [3.63, 3.8) is 0 Å². The number of fused-ring (bicyclic) bond motifs is 1. The number of allylic oxidation sites excluding steroid dienone is 2. The smallest absolute Gasteiger partial charge is 0.106 e. The van der Waals surface area contributed by atoms with Gasteiger partial charge in [-0.3, -0.25) is 0 Å². The molecule has 3 rings (SSSR count). The van der Waals surface area contributed by atoms with E-state index < -0.39 is 0 Å². The second-order valence-corrected chi connectivity index (χ2v) is 3.47. The fraction of sp³-hybridized carbons (Fsp3) is 0.167. The van der Waals surface area contributed by atoms with Crippen LogP contribution in [0.2, 0.25) is 0 Å². The molecular formula is C12H10O. The molecule has 0 amide bonds. The van der Waals surface area contributed by atoms with Gasteiger partial charge in [0.05, 0.1) is 6.61 Å². The highest BCUT2D eigenvalue weighted by molar-refractivity contribution is 5.99. The van der Waals surface area contributed by atoms with Crippen molar-refractivity contribution in [2.45, 2.75) is 6.10 Å². The Labute approximate surface area is 77.3 Å². The molecule has 1 aromatic rings. The van der Waals surface area contributed by atoms with Gasteiger partial charge < -0.3 is 4.74 Å². The van der Waals surface area contributed by atoms with Crippen molar-refractivity contribution >= 4 is 11.6 Å². The molecule has 1 heteroatoms. The molecule has 0 bridgehead atoms. The molecule has 1 unspecified atom stereocenters. The van der Waals surface area contributed by atoms with Crippen molar-refractivity contribution in [3.05, 3.63) is 47.5 Å². The number of rotatable bonds is 2. The van der Waals surface area contributed by atoms with Gasteiger partial charge in [-0.15, -0.1) is 0 Å². The molecule has 1 nitrogen and oxygen atoms in total. The van der Waals surface area contributed by atoms with Gasteiger partial charge >= 0.3 is 0 Å². The van der Waals surface area contributed by atoms with E-state index in [0.29, 0.717) is 6.10 Å². The largest absolute Gasteiger partial charge is 0.368 e. The molecule has 0 saturated carbocycles. The second-order valence-electron chi connectivity index (χ2n) is 3.47. The Bertz CT molecular complexity index is 411. The zero-order valence-electron chi connectivity index (χ0n) is 7.29. The monoisotopic (exact) mass is 170 g/mol. The highest BCUT2D eigenvalue weighted by Crippen LogP contribution is 2.37. The van der Waals surface area contributed by atoms with Crippen LogP contribution in [-0.4, -0.2) is 6.61 Å². The Morgan fingerprint density at radius 2 is 2.31 bits per heavy atom. The van der Waals surface area contributed by atoms with Crippen molar-refractivity contribution in [2.24, 2.45) is 0 Å². The zero-order chi connectivity index (χ0) is 8.84. The number of hydrogen-bond donors (Lipinski definition) is 0. The lowest BCUT2D eigenvalue weighted by molar-refractivity contribution is 0.415. The van der Waals surface area contributed by atoms with Crippen molar-refractivity contribution in [3.8, 4) is 0 Å². The molecule has 1 saturated heterocycles. The molecule has 0 N–H and O–H groups in total. The Balaban J connectivity index is 2.01. The lowest BCUT2D eigenvalue weighted by Crippen LogP contribution is -1.97. The summed E-state index contributed by atoms with van der Waals surface area (Å²) in [6, 6.07) is 6.51. The predicted molar refractivity (Wildman–Crippen MR) is 53.2 cm³/mol. The molecule has 0 aromatic heterocycles.